The number of nitrogens with one attached hydrogen (secondary N) is 2. The molecule has 1 aromatic carbocycles. The van der Waals surface area contributed by atoms with Crippen LogP contribution in [0, 0.1) is 11.3 Å². The van der Waals surface area contributed by atoms with Crippen molar-refractivity contribution in [1.82, 2.24) is 24.5 Å². The summed E-state index contributed by atoms with van der Waals surface area (Å²) in [5, 5.41) is 29.2. The third-order valence-electron chi connectivity index (χ3n) is 6.73. The number of hydrogen-bond donors (Lipinski definition) is 3. The fourth-order valence-corrected chi connectivity index (χ4v) is 4.30. The topological polar surface area (TPSA) is 137 Å². The Morgan fingerprint density at radius 1 is 1.12 bits per heavy atom. The second-order valence-corrected chi connectivity index (χ2v) is 10.3. The normalized spacial score (nSPS) is 12.1. The van der Waals surface area contributed by atoms with Crippen LogP contribution in [-0.2, 0) is 6.54 Å². The van der Waals surface area contributed by atoms with Gasteiger partial charge in [0.2, 0.25) is 0 Å². The van der Waals surface area contributed by atoms with E-state index in [4.69, 9.17) is 0 Å². The lowest BCUT2D eigenvalue weighted by molar-refractivity contribution is -0.00177. The van der Waals surface area contributed by atoms with Gasteiger partial charge in [-0.2, -0.15) is 10.4 Å². The van der Waals surface area contributed by atoms with Crippen molar-refractivity contribution in [3.05, 3.63) is 112 Å². The standard InChI is InChI=1S/C31H28FN7O3/c1-31(2,42)28(32)18-35-30(41)24-17-34-26(27-11-10-23-13-21(15-33)16-36-39(23)27)14-25(24)37-22-8-6-20(7-9-22)19-38-12-4-3-5-29(38)40/h3-14,16-17,28,42H,18-19H2,1-2H3,(H,34,37)(H,35,41). The Hall–Kier alpha value is -5.34. The van der Waals surface area contributed by atoms with Gasteiger partial charge in [0.25, 0.3) is 11.5 Å². The van der Waals surface area contributed by atoms with E-state index in [2.05, 4.69) is 26.8 Å². The summed E-state index contributed by atoms with van der Waals surface area (Å²) in [6.45, 7) is 2.69. The molecule has 11 heteroatoms. The summed E-state index contributed by atoms with van der Waals surface area (Å²) < 4.78 is 17.6. The van der Waals surface area contributed by atoms with E-state index in [1.165, 1.54) is 32.3 Å². The highest BCUT2D eigenvalue weighted by atomic mass is 19.1. The molecule has 4 aromatic heterocycles. The van der Waals surface area contributed by atoms with Gasteiger partial charge in [0.1, 0.15) is 12.2 Å². The van der Waals surface area contributed by atoms with Gasteiger partial charge in [-0.3, -0.25) is 14.6 Å². The number of benzene rings is 1. The monoisotopic (exact) mass is 565 g/mol. The number of aliphatic hydroxyl groups is 1. The zero-order valence-electron chi connectivity index (χ0n) is 23.0. The van der Waals surface area contributed by atoms with E-state index >= 15 is 0 Å². The first-order valence-corrected chi connectivity index (χ1v) is 13.2. The number of alkyl halides is 1. The van der Waals surface area contributed by atoms with Crippen molar-refractivity contribution in [3.63, 3.8) is 0 Å². The molecule has 42 heavy (non-hydrogen) atoms. The minimum absolute atomic E-state index is 0.101. The van der Waals surface area contributed by atoms with Crippen LogP contribution in [-0.4, -0.2) is 48.5 Å². The summed E-state index contributed by atoms with van der Waals surface area (Å²) in [7, 11) is 0. The minimum atomic E-state index is -1.67. The first kappa shape index (κ1) is 28.2. The van der Waals surface area contributed by atoms with Crippen LogP contribution >= 0.6 is 0 Å². The summed E-state index contributed by atoms with van der Waals surface area (Å²) in [5.41, 5.74) is 2.71. The summed E-state index contributed by atoms with van der Waals surface area (Å²) >= 11 is 0. The molecular weight excluding hydrogens is 537 g/mol. The molecule has 5 aromatic rings. The molecule has 0 bridgehead atoms. The van der Waals surface area contributed by atoms with E-state index in [0.717, 1.165) is 5.56 Å². The van der Waals surface area contributed by atoms with E-state index < -0.39 is 17.7 Å². The molecule has 0 saturated heterocycles. The van der Waals surface area contributed by atoms with Crippen LogP contribution < -0.4 is 16.2 Å². The Morgan fingerprint density at radius 3 is 2.62 bits per heavy atom. The van der Waals surface area contributed by atoms with Gasteiger partial charge in [-0.1, -0.05) is 18.2 Å². The molecule has 1 unspecified atom stereocenters. The zero-order valence-corrected chi connectivity index (χ0v) is 23.0. The van der Waals surface area contributed by atoms with E-state index in [9.17, 15) is 24.3 Å². The van der Waals surface area contributed by atoms with Crippen molar-refractivity contribution in [2.45, 2.75) is 32.2 Å². The number of anilines is 2. The third-order valence-corrected chi connectivity index (χ3v) is 6.73. The molecule has 0 saturated carbocycles. The molecule has 4 heterocycles. The second-order valence-electron chi connectivity index (χ2n) is 10.3. The molecule has 1 atom stereocenters. The van der Waals surface area contributed by atoms with Crippen LogP contribution in [0.15, 0.2) is 90.1 Å². The molecule has 0 aliphatic heterocycles. The van der Waals surface area contributed by atoms with Gasteiger partial charge in [-0.15, -0.1) is 0 Å². The lowest BCUT2D eigenvalue weighted by Crippen LogP contribution is -2.42. The summed E-state index contributed by atoms with van der Waals surface area (Å²) in [6.07, 6.45) is 2.90. The largest absolute Gasteiger partial charge is 0.387 e. The Morgan fingerprint density at radius 2 is 1.90 bits per heavy atom. The first-order valence-electron chi connectivity index (χ1n) is 13.2. The van der Waals surface area contributed by atoms with E-state index in [1.54, 1.807) is 39.5 Å². The Labute approximate surface area is 240 Å². The Bertz CT molecular complexity index is 1850. The van der Waals surface area contributed by atoms with Crippen molar-refractivity contribution < 1.29 is 14.3 Å². The zero-order chi connectivity index (χ0) is 29.9. The molecule has 0 aliphatic carbocycles. The lowest BCUT2D eigenvalue weighted by Gasteiger charge is -2.22. The van der Waals surface area contributed by atoms with E-state index in [1.807, 2.05) is 36.4 Å². The van der Waals surface area contributed by atoms with Crippen molar-refractivity contribution in [1.29, 1.82) is 5.26 Å². The molecule has 0 spiro atoms. The maximum atomic E-state index is 14.4. The highest BCUT2D eigenvalue weighted by Crippen LogP contribution is 2.28. The van der Waals surface area contributed by atoms with Crippen molar-refractivity contribution in [2.24, 2.45) is 0 Å². The van der Waals surface area contributed by atoms with Crippen molar-refractivity contribution in [3.8, 4) is 17.5 Å². The van der Waals surface area contributed by atoms with Crippen molar-refractivity contribution in [2.75, 3.05) is 11.9 Å². The summed E-state index contributed by atoms with van der Waals surface area (Å²) in [6, 6.07) is 21.5. The Kier molecular flexibility index (Phi) is 7.82. The number of rotatable bonds is 9. The molecule has 1 amide bonds. The van der Waals surface area contributed by atoms with Crippen LogP contribution in [0.25, 0.3) is 16.9 Å². The predicted molar refractivity (Wildman–Crippen MR) is 156 cm³/mol. The molecule has 3 N–H and O–H groups in total. The average Bonchev–Trinajstić information content (AvgIpc) is 3.40. The number of nitriles is 1. The number of carbonyl (C=O) groups is 1. The molecule has 0 radical (unpaired) electrons. The van der Waals surface area contributed by atoms with Crippen LogP contribution in [0.5, 0.6) is 0 Å². The van der Waals surface area contributed by atoms with Crippen LogP contribution in [0.4, 0.5) is 15.8 Å². The minimum Gasteiger partial charge on any atom is -0.387 e. The van der Waals surface area contributed by atoms with Gasteiger partial charge in [0.15, 0.2) is 0 Å². The number of halogens is 1. The number of amides is 1. The fourth-order valence-electron chi connectivity index (χ4n) is 4.30. The Balaban J connectivity index is 1.46. The number of pyridine rings is 2. The molecule has 10 nitrogen and oxygen atoms in total. The molecule has 5 rings (SSSR count). The number of hydrogen-bond acceptors (Lipinski definition) is 7. The van der Waals surface area contributed by atoms with Crippen LogP contribution in [0.2, 0.25) is 0 Å². The highest BCUT2D eigenvalue weighted by Gasteiger charge is 2.27. The first-order chi connectivity index (χ1) is 20.1. The van der Waals surface area contributed by atoms with Gasteiger partial charge in [0, 0.05) is 24.1 Å². The number of nitrogens with zero attached hydrogens (tertiary/aromatic N) is 5. The van der Waals surface area contributed by atoms with Gasteiger partial charge < -0.3 is 20.3 Å². The quantitative estimate of drug-likeness (QED) is 0.245. The van der Waals surface area contributed by atoms with Gasteiger partial charge in [-0.25, -0.2) is 8.91 Å². The van der Waals surface area contributed by atoms with E-state index in [0.29, 0.717) is 40.4 Å². The maximum absolute atomic E-state index is 14.4. The van der Waals surface area contributed by atoms with Crippen LogP contribution in [0.1, 0.15) is 35.3 Å². The summed E-state index contributed by atoms with van der Waals surface area (Å²) in [5.74, 6) is -0.569. The third kappa shape index (κ3) is 6.19. The van der Waals surface area contributed by atoms with Gasteiger partial charge in [0.05, 0.1) is 58.6 Å². The molecule has 212 valence electrons. The van der Waals surface area contributed by atoms with E-state index in [-0.39, 0.29) is 17.7 Å². The maximum Gasteiger partial charge on any atom is 0.255 e. The van der Waals surface area contributed by atoms with Gasteiger partial charge >= 0.3 is 0 Å². The fraction of sp³-hybridized carbons (Fsp3) is 0.194. The number of aromatic nitrogens is 4. The average molecular weight is 566 g/mol. The van der Waals surface area contributed by atoms with Gasteiger partial charge in [-0.05, 0) is 61.9 Å². The number of carbonyl (C=O) groups excluding carboxylic acids is 1. The smallest absolute Gasteiger partial charge is 0.255 e. The molecule has 0 fully saturated rings. The number of fused-ring (bicyclic) bond motifs is 1. The summed E-state index contributed by atoms with van der Waals surface area (Å²) in [4.78, 5) is 29.7. The predicted octanol–water partition coefficient (Wildman–Crippen LogP) is 4.06. The lowest BCUT2D eigenvalue weighted by atomic mass is 10.0. The highest BCUT2D eigenvalue weighted by molar-refractivity contribution is 6.00. The van der Waals surface area contributed by atoms with Crippen LogP contribution in [0.3, 0.4) is 0 Å². The SMILES string of the molecule is CC(C)(O)C(F)CNC(=O)c1cnc(-c2ccc3cc(C#N)cnn23)cc1Nc1ccc(Cn2ccccc2=O)cc1. The molecule has 0 aliphatic rings. The molecular formula is C31H28FN7O3. The van der Waals surface area contributed by atoms with Crippen molar-refractivity contribution >= 4 is 22.8 Å². The second kappa shape index (κ2) is 11.6.